The van der Waals surface area contributed by atoms with E-state index < -0.39 is 0 Å². The zero-order chi connectivity index (χ0) is 33.5. The van der Waals surface area contributed by atoms with Crippen molar-refractivity contribution < 1.29 is 0 Å². The summed E-state index contributed by atoms with van der Waals surface area (Å²) < 4.78 is 6.28. The van der Waals surface area contributed by atoms with Crippen LogP contribution in [-0.2, 0) is 0 Å². The minimum atomic E-state index is 0.635. The van der Waals surface area contributed by atoms with Gasteiger partial charge in [-0.25, -0.2) is 19.9 Å². The van der Waals surface area contributed by atoms with E-state index in [4.69, 9.17) is 19.9 Å². The summed E-state index contributed by atoms with van der Waals surface area (Å²) in [5, 5.41) is 7.59. The molecule has 7 heteroatoms. The first kappa shape index (κ1) is 28.5. The third kappa shape index (κ3) is 4.32. The second-order valence-electron chi connectivity index (χ2n) is 12.6. The topological polar surface area (TPSA) is 56.5 Å². The second kappa shape index (κ2) is 11.1. The lowest BCUT2D eigenvalue weighted by atomic mass is 10.0. The maximum atomic E-state index is 5.06. The molecule has 5 heterocycles. The maximum absolute atomic E-state index is 5.06. The molecular formula is C44H25N5S2. The first-order valence-corrected chi connectivity index (χ1v) is 18.4. The van der Waals surface area contributed by atoms with Crippen molar-refractivity contribution in [2.75, 3.05) is 0 Å². The van der Waals surface area contributed by atoms with Gasteiger partial charge in [-0.15, -0.1) is 22.7 Å². The molecule has 0 N–H and O–H groups in total. The fraction of sp³-hybridized carbons (Fsp3) is 0. The summed E-state index contributed by atoms with van der Waals surface area (Å²) in [5.74, 6) is 1.93. The zero-order valence-electron chi connectivity index (χ0n) is 27.0. The van der Waals surface area contributed by atoms with E-state index in [9.17, 15) is 0 Å². The average molecular weight is 688 g/mol. The van der Waals surface area contributed by atoms with E-state index in [0.717, 1.165) is 32.7 Å². The molecule has 0 unspecified atom stereocenters. The van der Waals surface area contributed by atoms with Gasteiger partial charge < -0.3 is 4.57 Å². The highest BCUT2D eigenvalue weighted by molar-refractivity contribution is 7.29. The van der Waals surface area contributed by atoms with Crippen LogP contribution in [0, 0.1) is 0 Å². The number of rotatable bonds is 4. The summed E-state index contributed by atoms with van der Waals surface area (Å²) in [6.07, 6.45) is 1.90. The number of thiophene rings is 2. The number of fused-ring (bicyclic) bond motifs is 12. The highest BCUT2D eigenvalue weighted by atomic mass is 32.1. The molecule has 0 bridgehead atoms. The van der Waals surface area contributed by atoms with Gasteiger partial charge in [0.05, 0.1) is 15.7 Å². The lowest BCUT2D eigenvalue weighted by molar-refractivity contribution is 1.07. The molecule has 0 aliphatic heterocycles. The highest BCUT2D eigenvalue weighted by Gasteiger charge is 2.25. The summed E-state index contributed by atoms with van der Waals surface area (Å²) in [7, 11) is 0. The van der Waals surface area contributed by atoms with Gasteiger partial charge in [0.15, 0.2) is 17.5 Å². The SMILES string of the molecule is c1ccc(-c2nc(-c3ccccc3)nc(-c3cccc(-n4c5ccccc5c5c6sc7ncccc7c6c6c7ccccc7sc6c54)c3)n2)cc1. The van der Waals surface area contributed by atoms with Crippen molar-refractivity contribution in [3.63, 3.8) is 0 Å². The van der Waals surface area contributed by atoms with Gasteiger partial charge in [0.25, 0.3) is 0 Å². The van der Waals surface area contributed by atoms with E-state index in [2.05, 4.69) is 89.5 Å². The van der Waals surface area contributed by atoms with Crippen molar-refractivity contribution in [3.05, 3.63) is 152 Å². The first-order chi connectivity index (χ1) is 25.3. The van der Waals surface area contributed by atoms with Crippen LogP contribution < -0.4 is 0 Å². The summed E-state index contributed by atoms with van der Waals surface area (Å²) in [6, 6.07) is 50.8. The standard InChI is InChI=1S/C44H25N5S2/c1-3-13-26(14-4-1)41-46-42(27-15-5-2-6-16-27)48-43(47-41)28-17-11-18-29(25-28)49-33-22-9-7-19-30(33)37-38(49)40-35(31-20-8-10-23-34(31)50-40)36-32-21-12-24-45-44(32)51-39(36)37/h1-25H. The average Bonchev–Trinajstić information content (AvgIpc) is 3.88. The van der Waals surface area contributed by atoms with E-state index >= 15 is 0 Å². The van der Waals surface area contributed by atoms with Gasteiger partial charge in [-0.05, 0) is 36.4 Å². The number of para-hydroxylation sites is 1. The molecule has 0 saturated carbocycles. The molecule has 51 heavy (non-hydrogen) atoms. The molecule has 11 rings (SSSR count). The molecular weight excluding hydrogens is 663 g/mol. The van der Waals surface area contributed by atoms with Crippen LogP contribution in [0.15, 0.2) is 152 Å². The Hall–Kier alpha value is -6.28. The van der Waals surface area contributed by atoms with Crippen LogP contribution in [0.1, 0.15) is 0 Å². The fourth-order valence-corrected chi connectivity index (χ4v) is 9.95. The molecule has 0 aliphatic carbocycles. The van der Waals surface area contributed by atoms with E-state index in [0.29, 0.717) is 17.5 Å². The number of benzene rings is 6. The zero-order valence-corrected chi connectivity index (χ0v) is 28.6. The first-order valence-electron chi connectivity index (χ1n) is 16.8. The van der Waals surface area contributed by atoms with Crippen LogP contribution in [0.25, 0.3) is 102 Å². The Morgan fingerprint density at radius 1 is 0.451 bits per heavy atom. The number of hydrogen-bond acceptors (Lipinski definition) is 6. The summed E-state index contributed by atoms with van der Waals surface area (Å²) in [5.41, 5.74) is 6.26. The van der Waals surface area contributed by atoms with Gasteiger partial charge >= 0.3 is 0 Å². The minimum Gasteiger partial charge on any atom is -0.308 e. The van der Waals surface area contributed by atoms with Crippen LogP contribution in [0.3, 0.4) is 0 Å². The molecule has 0 amide bonds. The Labute approximate surface area is 299 Å². The molecule has 0 aliphatic rings. The predicted molar refractivity (Wildman–Crippen MR) is 214 cm³/mol. The molecule has 6 aromatic carbocycles. The van der Waals surface area contributed by atoms with Gasteiger partial charge in [0, 0.05) is 70.3 Å². The van der Waals surface area contributed by atoms with Crippen molar-refractivity contribution >= 4 is 85.0 Å². The van der Waals surface area contributed by atoms with E-state index in [1.807, 2.05) is 78.2 Å². The molecule has 5 nitrogen and oxygen atoms in total. The molecule has 0 saturated heterocycles. The molecule has 5 aromatic heterocycles. The third-order valence-corrected chi connectivity index (χ3v) is 12.0. The quantitative estimate of drug-likeness (QED) is 0.185. The largest absolute Gasteiger partial charge is 0.308 e. The van der Waals surface area contributed by atoms with Gasteiger partial charge in [-0.1, -0.05) is 109 Å². The fourth-order valence-electron chi connectivity index (χ4n) is 7.49. The van der Waals surface area contributed by atoms with Gasteiger partial charge in [0.1, 0.15) is 4.83 Å². The molecule has 0 spiro atoms. The van der Waals surface area contributed by atoms with Crippen molar-refractivity contribution in [1.82, 2.24) is 24.5 Å². The number of pyridine rings is 1. The molecule has 0 atom stereocenters. The van der Waals surface area contributed by atoms with Crippen LogP contribution in [-0.4, -0.2) is 24.5 Å². The normalized spacial score (nSPS) is 11.9. The number of nitrogens with zero attached hydrogens (tertiary/aromatic N) is 5. The minimum absolute atomic E-state index is 0.635. The summed E-state index contributed by atoms with van der Waals surface area (Å²) in [6.45, 7) is 0. The smallest absolute Gasteiger partial charge is 0.164 e. The van der Waals surface area contributed by atoms with E-state index in [-0.39, 0.29) is 0 Å². The van der Waals surface area contributed by atoms with Gasteiger partial charge in [-0.3, -0.25) is 0 Å². The lowest BCUT2D eigenvalue weighted by Crippen LogP contribution is -2.01. The number of hydrogen-bond donors (Lipinski definition) is 0. The van der Waals surface area contributed by atoms with Crippen LogP contribution in [0.2, 0.25) is 0 Å². The Morgan fingerprint density at radius 3 is 1.82 bits per heavy atom. The van der Waals surface area contributed by atoms with Crippen LogP contribution in [0.4, 0.5) is 0 Å². The van der Waals surface area contributed by atoms with E-state index in [1.165, 1.54) is 51.9 Å². The monoisotopic (exact) mass is 687 g/mol. The summed E-state index contributed by atoms with van der Waals surface area (Å²) >= 11 is 3.67. The lowest BCUT2D eigenvalue weighted by Gasteiger charge is -2.12. The van der Waals surface area contributed by atoms with Crippen LogP contribution in [0.5, 0.6) is 0 Å². The maximum Gasteiger partial charge on any atom is 0.164 e. The van der Waals surface area contributed by atoms with Crippen molar-refractivity contribution in [2.45, 2.75) is 0 Å². The Morgan fingerprint density at radius 2 is 1.06 bits per heavy atom. The highest BCUT2D eigenvalue weighted by Crippen LogP contribution is 2.51. The van der Waals surface area contributed by atoms with Gasteiger partial charge in [0.2, 0.25) is 0 Å². The third-order valence-electron chi connectivity index (χ3n) is 9.69. The van der Waals surface area contributed by atoms with E-state index in [1.54, 1.807) is 11.3 Å². The summed E-state index contributed by atoms with van der Waals surface area (Å²) in [4.78, 5) is 20.9. The second-order valence-corrected chi connectivity index (χ2v) is 14.7. The predicted octanol–water partition coefficient (Wildman–Crippen LogP) is 12.1. The molecule has 0 fully saturated rings. The molecule has 0 radical (unpaired) electrons. The van der Waals surface area contributed by atoms with Crippen molar-refractivity contribution in [1.29, 1.82) is 0 Å². The Bertz CT molecular complexity index is 3080. The molecule has 238 valence electrons. The number of aromatic nitrogens is 5. The van der Waals surface area contributed by atoms with Gasteiger partial charge in [-0.2, -0.15) is 0 Å². The van der Waals surface area contributed by atoms with Crippen molar-refractivity contribution in [3.8, 4) is 39.9 Å². The van der Waals surface area contributed by atoms with Crippen molar-refractivity contribution in [2.24, 2.45) is 0 Å². The van der Waals surface area contributed by atoms with Crippen LogP contribution >= 0.6 is 22.7 Å². The molecule has 11 aromatic rings. The Kier molecular flexibility index (Phi) is 6.22. The Balaban J connectivity index is 1.23.